The van der Waals surface area contributed by atoms with Crippen LogP contribution in [0.1, 0.15) is 30.3 Å². The summed E-state index contributed by atoms with van der Waals surface area (Å²) in [6.45, 7) is 1.83. The van der Waals surface area contributed by atoms with Gasteiger partial charge in [0.25, 0.3) is 5.91 Å². The summed E-state index contributed by atoms with van der Waals surface area (Å²) in [6.07, 6.45) is 2.16. The minimum atomic E-state index is -0.917. The number of H-pyrrole nitrogens is 1. The predicted molar refractivity (Wildman–Crippen MR) is 62.3 cm³/mol. The number of amides is 1. The molecule has 0 fully saturated rings. The van der Waals surface area contributed by atoms with Crippen LogP contribution in [0.15, 0.2) is 16.7 Å². The van der Waals surface area contributed by atoms with Crippen LogP contribution in [-0.2, 0) is 4.79 Å². The molecule has 1 aromatic heterocycles. The fourth-order valence-corrected chi connectivity index (χ4v) is 1.61. The van der Waals surface area contributed by atoms with Gasteiger partial charge in [0.1, 0.15) is 5.69 Å². The number of carbonyl (C=O) groups excluding carboxylic acids is 1. The van der Waals surface area contributed by atoms with E-state index in [0.29, 0.717) is 12.1 Å². The topological polar surface area (TPSA) is 82.2 Å². The monoisotopic (exact) mass is 288 g/mol. The van der Waals surface area contributed by atoms with E-state index in [9.17, 15) is 9.59 Å². The third-order valence-electron chi connectivity index (χ3n) is 2.14. The van der Waals surface area contributed by atoms with Gasteiger partial charge in [0.05, 0.1) is 6.42 Å². The number of hydrogen-bond donors (Lipinski definition) is 3. The lowest BCUT2D eigenvalue weighted by Gasteiger charge is -2.13. The first-order chi connectivity index (χ1) is 7.52. The number of rotatable bonds is 5. The van der Waals surface area contributed by atoms with Gasteiger partial charge in [-0.05, 0) is 28.4 Å². The van der Waals surface area contributed by atoms with E-state index in [2.05, 4.69) is 26.2 Å². The van der Waals surface area contributed by atoms with Crippen molar-refractivity contribution in [1.29, 1.82) is 0 Å². The molecule has 1 rings (SSSR count). The van der Waals surface area contributed by atoms with Gasteiger partial charge in [0.15, 0.2) is 0 Å². The summed E-state index contributed by atoms with van der Waals surface area (Å²) >= 11 is 3.22. The number of aromatic amines is 1. The first-order valence-electron chi connectivity index (χ1n) is 4.89. The van der Waals surface area contributed by atoms with Gasteiger partial charge in [-0.3, -0.25) is 9.59 Å². The summed E-state index contributed by atoms with van der Waals surface area (Å²) in [4.78, 5) is 25.0. The van der Waals surface area contributed by atoms with E-state index in [1.54, 1.807) is 12.3 Å². The van der Waals surface area contributed by atoms with Gasteiger partial charge >= 0.3 is 5.97 Å². The van der Waals surface area contributed by atoms with E-state index in [1.807, 2.05) is 6.92 Å². The maximum Gasteiger partial charge on any atom is 0.305 e. The van der Waals surface area contributed by atoms with Crippen molar-refractivity contribution in [2.24, 2.45) is 0 Å². The Morgan fingerprint density at radius 1 is 1.62 bits per heavy atom. The van der Waals surface area contributed by atoms with E-state index in [1.165, 1.54) is 0 Å². The number of carbonyl (C=O) groups is 2. The molecule has 1 amide bonds. The number of nitrogens with one attached hydrogen (secondary N) is 2. The Bertz CT molecular complexity index is 389. The Labute approximate surface area is 101 Å². The molecule has 5 nitrogen and oxygen atoms in total. The molecular weight excluding hydrogens is 276 g/mol. The fraction of sp³-hybridized carbons (Fsp3) is 0.400. The highest BCUT2D eigenvalue weighted by Crippen LogP contribution is 2.11. The Morgan fingerprint density at radius 2 is 2.31 bits per heavy atom. The molecule has 0 radical (unpaired) electrons. The minimum absolute atomic E-state index is 0.0654. The smallest absolute Gasteiger partial charge is 0.305 e. The van der Waals surface area contributed by atoms with Crippen LogP contribution in [0, 0.1) is 0 Å². The van der Waals surface area contributed by atoms with Crippen LogP contribution in [-0.4, -0.2) is 28.0 Å². The van der Waals surface area contributed by atoms with E-state index in [4.69, 9.17) is 5.11 Å². The van der Waals surface area contributed by atoms with E-state index in [0.717, 1.165) is 4.47 Å². The third kappa shape index (κ3) is 3.69. The maximum atomic E-state index is 11.7. The van der Waals surface area contributed by atoms with Gasteiger partial charge in [0.2, 0.25) is 0 Å². The Morgan fingerprint density at radius 3 is 2.75 bits per heavy atom. The Balaban J connectivity index is 2.58. The second-order valence-corrected chi connectivity index (χ2v) is 4.32. The quantitative estimate of drug-likeness (QED) is 0.772. The summed E-state index contributed by atoms with van der Waals surface area (Å²) < 4.78 is 0.781. The molecule has 88 valence electrons. The molecule has 1 unspecified atom stereocenters. The van der Waals surface area contributed by atoms with Gasteiger partial charge in [-0.1, -0.05) is 6.92 Å². The normalized spacial score (nSPS) is 12.1. The molecule has 1 aromatic rings. The fourth-order valence-electron chi connectivity index (χ4n) is 1.27. The van der Waals surface area contributed by atoms with Crippen molar-refractivity contribution in [2.75, 3.05) is 0 Å². The highest BCUT2D eigenvalue weighted by Gasteiger charge is 2.15. The highest BCUT2D eigenvalue weighted by atomic mass is 79.9. The molecule has 1 heterocycles. The lowest BCUT2D eigenvalue weighted by molar-refractivity contribution is -0.137. The molecule has 0 saturated heterocycles. The number of hydrogen-bond acceptors (Lipinski definition) is 2. The number of carboxylic acids is 1. The molecule has 0 saturated carbocycles. The number of aromatic nitrogens is 1. The second kappa shape index (κ2) is 5.69. The van der Waals surface area contributed by atoms with Crippen molar-refractivity contribution in [3.8, 4) is 0 Å². The summed E-state index contributed by atoms with van der Waals surface area (Å²) in [7, 11) is 0. The number of aliphatic carboxylic acids is 1. The largest absolute Gasteiger partial charge is 0.481 e. The molecule has 0 bridgehead atoms. The summed E-state index contributed by atoms with van der Waals surface area (Å²) in [5.74, 6) is -1.21. The molecule has 0 aliphatic carbocycles. The summed E-state index contributed by atoms with van der Waals surface area (Å²) in [5, 5.41) is 11.3. The molecule has 6 heteroatoms. The van der Waals surface area contributed by atoms with Gasteiger partial charge in [0, 0.05) is 16.7 Å². The first-order valence-corrected chi connectivity index (χ1v) is 5.68. The summed E-state index contributed by atoms with van der Waals surface area (Å²) in [5.41, 5.74) is 0.413. The van der Waals surface area contributed by atoms with Crippen LogP contribution in [0.4, 0.5) is 0 Å². The lowest BCUT2D eigenvalue weighted by Crippen LogP contribution is -2.36. The minimum Gasteiger partial charge on any atom is -0.481 e. The SMILES string of the molecule is CCC(CC(=O)O)NC(=O)c1cc(Br)c[nH]1. The van der Waals surface area contributed by atoms with E-state index < -0.39 is 5.97 Å². The highest BCUT2D eigenvalue weighted by molar-refractivity contribution is 9.10. The van der Waals surface area contributed by atoms with Gasteiger partial charge < -0.3 is 15.4 Å². The summed E-state index contributed by atoms with van der Waals surface area (Å²) in [6, 6.07) is 1.30. The van der Waals surface area contributed by atoms with Crippen molar-refractivity contribution < 1.29 is 14.7 Å². The average Bonchev–Trinajstić information content (AvgIpc) is 2.63. The molecule has 3 N–H and O–H groups in total. The second-order valence-electron chi connectivity index (χ2n) is 3.41. The van der Waals surface area contributed by atoms with Crippen LogP contribution in [0.25, 0.3) is 0 Å². The van der Waals surface area contributed by atoms with Crippen LogP contribution in [0.2, 0.25) is 0 Å². The van der Waals surface area contributed by atoms with E-state index in [-0.39, 0.29) is 18.4 Å². The van der Waals surface area contributed by atoms with Crippen LogP contribution < -0.4 is 5.32 Å². The van der Waals surface area contributed by atoms with Crippen molar-refractivity contribution in [3.05, 3.63) is 22.4 Å². The molecule has 1 atom stereocenters. The first kappa shape index (κ1) is 12.8. The molecular formula is C10H13BrN2O3. The Kier molecular flexibility index (Phi) is 4.54. The van der Waals surface area contributed by atoms with Crippen LogP contribution in [0.5, 0.6) is 0 Å². The number of halogens is 1. The van der Waals surface area contributed by atoms with Crippen molar-refractivity contribution in [3.63, 3.8) is 0 Å². The van der Waals surface area contributed by atoms with Gasteiger partial charge in [-0.25, -0.2) is 0 Å². The molecule has 0 aliphatic rings. The average molecular weight is 289 g/mol. The third-order valence-corrected chi connectivity index (χ3v) is 2.60. The zero-order chi connectivity index (χ0) is 12.1. The molecule has 0 aliphatic heterocycles. The van der Waals surface area contributed by atoms with Crippen molar-refractivity contribution in [2.45, 2.75) is 25.8 Å². The molecule has 0 spiro atoms. The van der Waals surface area contributed by atoms with Crippen molar-refractivity contribution >= 4 is 27.8 Å². The standard InChI is InChI=1S/C10H13BrN2O3/c1-2-7(4-9(14)15)13-10(16)8-3-6(11)5-12-8/h3,5,7,12H,2,4H2,1H3,(H,13,16)(H,14,15). The van der Waals surface area contributed by atoms with Crippen LogP contribution >= 0.6 is 15.9 Å². The maximum absolute atomic E-state index is 11.7. The zero-order valence-electron chi connectivity index (χ0n) is 8.79. The van der Waals surface area contributed by atoms with Gasteiger partial charge in [-0.15, -0.1) is 0 Å². The zero-order valence-corrected chi connectivity index (χ0v) is 10.4. The van der Waals surface area contributed by atoms with Gasteiger partial charge in [-0.2, -0.15) is 0 Å². The van der Waals surface area contributed by atoms with Crippen LogP contribution in [0.3, 0.4) is 0 Å². The lowest BCUT2D eigenvalue weighted by atomic mass is 10.1. The van der Waals surface area contributed by atoms with Crippen molar-refractivity contribution in [1.82, 2.24) is 10.3 Å². The molecule has 16 heavy (non-hydrogen) atoms. The number of carboxylic acid groups (broad SMARTS) is 1. The molecule has 0 aromatic carbocycles. The Hall–Kier alpha value is -1.30. The predicted octanol–water partition coefficient (Wildman–Crippen LogP) is 1.76. The van der Waals surface area contributed by atoms with E-state index >= 15 is 0 Å².